The molecule has 104 valence electrons. The average Bonchev–Trinajstić information content (AvgIpc) is 2.47. The topological polar surface area (TPSA) is 76.7 Å². The zero-order chi connectivity index (χ0) is 15.0. The maximum atomic E-state index is 12.4. The van der Waals surface area contributed by atoms with E-state index in [4.69, 9.17) is 5.26 Å². The smallest absolute Gasteiger partial charge is 0.244 e. The Morgan fingerprint density at radius 1 is 1.25 bits per heavy atom. The number of carbonyl (C=O) groups is 1. The Balaban J connectivity index is 2.96. The molecule has 4 heteroatoms. The number of carbonyl (C=O) groups excluding carboxylic acids is 1. The molecule has 0 aliphatic heterocycles. The first-order chi connectivity index (χ1) is 9.61. The summed E-state index contributed by atoms with van der Waals surface area (Å²) in [5, 5.41) is 21.0. The molecule has 0 atom stereocenters. The number of anilines is 1. The van der Waals surface area contributed by atoms with Gasteiger partial charge in [-0.3, -0.25) is 4.79 Å². The fourth-order valence-electron chi connectivity index (χ4n) is 2.29. The van der Waals surface area contributed by atoms with Gasteiger partial charge in [0, 0.05) is 5.69 Å². The molecule has 0 bridgehead atoms. The molecule has 0 fully saturated rings. The number of amides is 1. The van der Waals surface area contributed by atoms with Crippen LogP contribution in [-0.4, -0.2) is 5.91 Å². The fourth-order valence-corrected chi connectivity index (χ4v) is 2.29. The standard InChI is InChI=1S/C16H19N3O/c1-3-8-16(12-18,9-4-2)15(20)19-14-7-5-6-13(10-14)11-17/h5-7,10H,3-4,8-9H2,1-2H3,(H,19,20). The third kappa shape index (κ3) is 3.59. The molecule has 1 N–H and O–H groups in total. The third-order valence-corrected chi connectivity index (χ3v) is 3.25. The van der Waals surface area contributed by atoms with E-state index in [2.05, 4.69) is 11.4 Å². The van der Waals surface area contributed by atoms with E-state index < -0.39 is 5.41 Å². The van der Waals surface area contributed by atoms with Gasteiger partial charge in [0.25, 0.3) is 0 Å². The molecular formula is C16H19N3O. The Labute approximate surface area is 120 Å². The SMILES string of the molecule is CCCC(C#N)(CCC)C(=O)Nc1cccc(C#N)c1. The second-order valence-corrected chi connectivity index (χ2v) is 4.84. The van der Waals surface area contributed by atoms with Crippen molar-refractivity contribution in [1.82, 2.24) is 0 Å². The van der Waals surface area contributed by atoms with Crippen LogP contribution in [0.25, 0.3) is 0 Å². The molecule has 0 saturated heterocycles. The summed E-state index contributed by atoms with van der Waals surface area (Å²) in [6.07, 6.45) is 2.64. The molecule has 1 aromatic rings. The molecular weight excluding hydrogens is 250 g/mol. The largest absolute Gasteiger partial charge is 0.325 e. The predicted molar refractivity (Wildman–Crippen MR) is 77.6 cm³/mol. The normalized spacial score (nSPS) is 10.4. The number of benzene rings is 1. The van der Waals surface area contributed by atoms with Gasteiger partial charge in [0.1, 0.15) is 5.41 Å². The van der Waals surface area contributed by atoms with Crippen LogP contribution in [0.15, 0.2) is 24.3 Å². The van der Waals surface area contributed by atoms with Crippen molar-refractivity contribution >= 4 is 11.6 Å². The van der Waals surface area contributed by atoms with Crippen molar-refractivity contribution < 1.29 is 4.79 Å². The first-order valence-corrected chi connectivity index (χ1v) is 6.84. The van der Waals surface area contributed by atoms with Crippen molar-refractivity contribution in [2.45, 2.75) is 39.5 Å². The summed E-state index contributed by atoms with van der Waals surface area (Å²) in [7, 11) is 0. The molecule has 4 nitrogen and oxygen atoms in total. The summed E-state index contributed by atoms with van der Waals surface area (Å²) < 4.78 is 0. The minimum Gasteiger partial charge on any atom is -0.325 e. The third-order valence-electron chi connectivity index (χ3n) is 3.25. The van der Waals surface area contributed by atoms with Crippen LogP contribution in [0, 0.1) is 28.1 Å². The van der Waals surface area contributed by atoms with E-state index in [1.807, 2.05) is 19.9 Å². The Morgan fingerprint density at radius 3 is 2.40 bits per heavy atom. The minimum absolute atomic E-state index is 0.279. The Bertz CT molecular complexity index is 546. The van der Waals surface area contributed by atoms with Crippen LogP contribution in [-0.2, 0) is 4.79 Å². The number of rotatable bonds is 6. The molecule has 0 aromatic heterocycles. The summed E-state index contributed by atoms with van der Waals surface area (Å²) in [6, 6.07) is 10.9. The van der Waals surface area contributed by atoms with Crippen LogP contribution in [0.5, 0.6) is 0 Å². The number of nitriles is 2. The Morgan fingerprint density at radius 2 is 1.90 bits per heavy atom. The lowest BCUT2D eigenvalue weighted by Crippen LogP contribution is -2.35. The second kappa shape index (κ2) is 7.31. The van der Waals surface area contributed by atoms with E-state index in [-0.39, 0.29) is 5.91 Å². The second-order valence-electron chi connectivity index (χ2n) is 4.84. The van der Waals surface area contributed by atoms with Crippen molar-refractivity contribution in [3.8, 4) is 12.1 Å². The fraction of sp³-hybridized carbons (Fsp3) is 0.438. The summed E-state index contributed by atoms with van der Waals surface area (Å²) in [6.45, 7) is 3.93. The highest BCUT2D eigenvalue weighted by Crippen LogP contribution is 2.31. The summed E-state index contributed by atoms with van der Waals surface area (Å²) in [5.74, 6) is -0.279. The Hall–Kier alpha value is -2.33. The van der Waals surface area contributed by atoms with Crippen molar-refractivity contribution in [2.24, 2.45) is 5.41 Å². The van der Waals surface area contributed by atoms with E-state index in [1.165, 1.54) is 0 Å². The van der Waals surface area contributed by atoms with E-state index in [1.54, 1.807) is 24.3 Å². The zero-order valence-corrected chi connectivity index (χ0v) is 11.9. The number of hydrogen-bond acceptors (Lipinski definition) is 3. The monoisotopic (exact) mass is 269 g/mol. The highest BCUT2D eigenvalue weighted by Gasteiger charge is 2.36. The van der Waals surface area contributed by atoms with Gasteiger partial charge in [-0.15, -0.1) is 0 Å². The highest BCUT2D eigenvalue weighted by molar-refractivity contribution is 5.97. The number of nitrogens with one attached hydrogen (secondary N) is 1. The van der Waals surface area contributed by atoms with Crippen LogP contribution in [0.4, 0.5) is 5.69 Å². The lowest BCUT2D eigenvalue weighted by molar-refractivity contribution is -0.123. The van der Waals surface area contributed by atoms with Crippen molar-refractivity contribution in [3.05, 3.63) is 29.8 Å². The quantitative estimate of drug-likeness (QED) is 0.857. The van der Waals surface area contributed by atoms with E-state index >= 15 is 0 Å². The predicted octanol–water partition coefficient (Wildman–Crippen LogP) is 3.61. The van der Waals surface area contributed by atoms with Crippen molar-refractivity contribution in [3.63, 3.8) is 0 Å². The molecule has 1 amide bonds. The molecule has 0 aliphatic rings. The Kier molecular flexibility index (Phi) is 5.74. The molecule has 0 heterocycles. The molecule has 0 radical (unpaired) electrons. The van der Waals surface area contributed by atoms with Crippen LogP contribution >= 0.6 is 0 Å². The van der Waals surface area contributed by atoms with Gasteiger partial charge in [0.05, 0.1) is 17.7 Å². The van der Waals surface area contributed by atoms with Crippen LogP contribution in [0.2, 0.25) is 0 Å². The van der Waals surface area contributed by atoms with Crippen LogP contribution < -0.4 is 5.32 Å². The van der Waals surface area contributed by atoms with Gasteiger partial charge in [-0.2, -0.15) is 10.5 Å². The highest BCUT2D eigenvalue weighted by atomic mass is 16.2. The van der Waals surface area contributed by atoms with Gasteiger partial charge >= 0.3 is 0 Å². The maximum absolute atomic E-state index is 12.4. The van der Waals surface area contributed by atoms with E-state index in [0.29, 0.717) is 24.1 Å². The van der Waals surface area contributed by atoms with Crippen molar-refractivity contribution in [2.75, 3.05) is 5.32 Å². The molecule has 20 heavy (non-hydrogen) atoms. The first kappa shape index (κ1) is 15.7. The van der Waals surface area contributed by atoms with Crippen LogP contribution in [0.3, 0.4) is 0 Å². The van der Waals surface area contributed by atoms with Crippen molar-refractivity contribution in [1.29, 1.82) is 10.5 Å². The molecule has 1 aromatic carbocycles. The van der Waals surface area contributed by atoms with Gasteiger partial charge in [-0.25, -0.2) is 0 Å². The summed E-state index contributed by atoms with van der Waals surface area (Å²) >= 11 is 0. The van der Waals surface area contributed by atoms with E-state index in [9.17, 15) is 10.1 Å². The molecule has 0 unspecified atom stereocenters. The zero-order valence-electron chi connectivity index (χ0n) is 11.9. The lowest BCUT2D eigenvalue weighted by atomic mass is 9.79. The molecule has 1 rings (SSSR count). The summed E-state index contributed by atoms with van der Waals surface area (Å²) in [4.78, 5) is 12.4. The molecule has 0 spiro atoms. The average molecular weight is 269 g/mol. The number of hydrogen-bond donors (Lipinski definition) is 1. The lowest BCUT2D eigenvalue weighted by Gasteiger charge is -2.24. The molecule has 0 saturated carbocycles. The minimum atomic E-state index is -0.980. The van der Waals surface area contributed by atoms with Gasteiger partial charge < -0.3 is 5.32 Å². The summed E-state index contributed by atoms with van der Waals surface area (Å²) in [5.41, 5.74) is 0.0591. The first-order valence-electron chi connectivity index (χ1n) is 6.84. The van der Waals surface area contributed by atoms with E-state index in [0.717, 1.165) is 12.8 Å². The van der Waals surface area contributed by atoms with Gasteiger partial charge in [0.15, 0.2) is 0 Å². The maximum Gasteiger partial charge on any atom is 0.244 e. The molecule has 0 aliphatic carbocycles. The van der Waals surface area contributed by atoms with Gasteiger partial charge in [-0.05, 0) is 31.0 Å². The van der Waals surface area contributed by atoms with Crippen LogP contribution in [0.1, 0.15) is 45.1 Å². The number of nitrogens with zero attached hydrogens (tertiary/aromatic N) is 2. The van der Waals surface area contributed by atoms with Gasteiger partial charge in [0.2, 0.25) is 5.91 Å². The van der Waals surface area contributed by atoms with Gasteiger partial charge in [-0.1, -0.05) is 32.8 Å².